The lowest BCUT2D eigenvalue weighted by Crippen LogP contribution is -2.23. The summed E-state index contributed by atoms with van der Waals surface area (Å²) in [5.41, 5.74) is 4.46. The quantitative estimate of drug-likeness (QED) is 0.325. The number of benzene rings is 2. The van der Waals surface area contributed by atoms with Gasteiger partial charge in [0.25, 0.3) is 6.08 Å². The van der Waals surface area contributed by atoms with Gasteiger partial charge in [0.05, 0.1) is 6.08 Å². The van der Waals surface area contributed by atoms with Crippen molar-refractivity contribution in [2.24, 2.45) is 11.8 Å². The van der Waals surface area contributed by atoms with Crippen LogP contribution in [0.2, 0.25) is 0 Å². The topological polar surface area (TPSA) is 9.23 Å². The zero-order valence-electron chi connectivity index (χ0n) is 20.6. The van der Waals surface area contributed by atoms with Gasteiger partial charge in [-0.05, 0) is 104 Å². The summed E-state index contributed by atoms with van der Waals surface area (Å²) in [5.74, 6) is 0.183. The third kappa shape index (κ3) is 6.77. The van der Waals surface area contributed by atoms with Gasteiger partial charge >= 0.3 is 6.11 Å². The molecule has 0 aliphatic heterocycles. The van der Waals surface area contributed by atoms with Crippen LogP contribution in [0.1, 0.15) is 80.9 Å². The van der Waals surface area contributed by atoms with Gasteiger partial charge < -0.3 is 4.74 Å². The van der Waals surface area contributed by atoms with E-state index >= 15 is 0 Å². The van der Waals surface area contributed by atoms with E-state index in [1.165, 1.54) is 42.9 Å². The molecule has 0 aromatic heterocycles. The number of rotatable bonds is 8. The Bertz CT molecular complexity index is 1080. The molecule has 1 fully saturated rings. The predicted octanol–water partition coefficient (Wildman–Crippen LogP) is 9.69. The number of ether oxygens (including phenoxy) is 1. The molecule has 1 atom stereocenters. The van der Waals surface area contributed by atoms with E-state index in [2.05, 4.69) is 42.0 Å². The highest BCUT2D eigenvalue weighted by Crippen LogP contribution is 2.44. The maximum atomic E-state index is 14.4. The van der Waals surface area contributed by atoms with Crippen molar-refractivity contribution in [2.75, 3.05) is 0 Å². The van der Waals surface area contributed by atoms with Crippen molar-refractivity contribution in [3.8, 4) is 5.75 Å². The van der Waals surface area contributed by atoms with Crippen molar-refractivity contribution >= 4 is 5.57 Å². The molecule has 6 heteroatoms. The number of alkyl halides is 2. The number of hydrogen-bond acceptors (Lipinski definition) is 1. The Kier molecular flexibility index (Phi) is 8.53. The zero-order chi connectivity index (χ0) is 25.7. The van der Waals surface area contributed by atoms with Crippen LogP contribution in [-0.4, -0.2) is 6.11 Å². The van der Waals surface area contributed by atoms with E-state index in [4.69, 9.17) is 0 Å². The van der Waals surface area contributed by atoms with Gasteiger partial charge in [0, 0.05) is 0 Å². The number of halogens is 5. The monoisotopic (exact) mass is 504 g/mol. The van der Waals surface area contributed by atoms with Crippen molar-refractivity contribution < 1.29 is 26.7 Å². The highest BCUT2D eigenvalue weighted by Gasteiger charge is 2.32. The van der Waals surface area contributed by atoms with Crippen LogP contribution in [0.25, 0.3) is 5.57 Å². The molecule has 4 rings (SSSR count). The molecule has 0 spiro atoms. The molecule has 2 aromatic rings. The predicted molar refractivity (Wildman–Crippen MR) is 133 cm³/mol. The second-order valence-corrected chi connectivity index (χ2v) is 10.1. The summed E-state index contributed by atoms with van der Waals surface area (Å²) in [6.45, 7) is 2.20. The van der Waals surface area contributed by atoms with Crippen LogP contribution in [0.15, 0.2) is 60.7 Å². The van der Waals surface area contributed by atoms with Gasteiger partial charge in [-0.15, -0.1) is 0 Å². The lowest BCUT2D eigenvalue weighted by molar-refractivity contribution is -0.135. The van der Waals surface area contributed by atoms with Crippen LogP contribution in [0.5, 0.6) is 5.75 Å². The minimum atomic E-state index is -4.28. The van der Waals surface area contributed by atoms with E-state index in [1.54, 1.807) is 0 Å². The van der Waals surface area contributed by atoms with Gasteiger partial charge in [-0.2, -0.15) is 17.6 Å². The second kappa shape index (κ2) is 11.6. The molecule has 0 saturated heterocycles. The SMILES string of the molecule is CCCc1ccc(C2CCC(C3CC=C(c4ccc(OC(F)(F)C=C(F)F)c(F)c4)CC3)CC2)cc1. The van der Waals surface area contributed by atoms with E-state index in [0.29, 0.717) is 23.3 Å². The Balaban J connectivity index is 1.31. The van der Waals surface area contributed by atoms with E-state index in [-0.39, 0.29) is 0 Å². The normalized spacial score (nSPS) is 22.6. The van der Waals surface area contributed by atoms with Crippen LogP contribution < -0.4 is 4.74 Å². The van der Waals surface area contributed by atoms with Gasteiger partial charge in [0.2, 0.25) is 0 Å². The average molecular weight is 505 g/mol. The first-order chi connectivity index (χ1) is 17.2. The summed E-state index contributed by atoms with van der Waals surface area (Å²) in [6, 6.07) is 12.9. The summed E-state index contributed by atoms with van der Waals surface area (Å²) in [4.78, 5) is 0. The van der Waals surface area contributed by atoms with Crippen LogP contribution in [0, 0.1) is 17.7 Å². The molecule has 1 unspecified atom stereocenters. The number of aryl methyl sites for hydroxylation is 1. The lowest BCUT2D eigenvalue weighted by Gasteiger charge is -2.35. The second-order valence-electron chi connectivity index (χ2n) is 10.1. The lowest BCUT2D eigenvalue weighted by atomic mass is 9.70. The molecule has 0 heterocycles. The van der Waals surface area contributed by atoms with Crippen molar-refractivity contribution in [2.45, 2.75) is 76.7 Å². The van der Waals surface area contributed by atoms with Crippen LogP contribution >= 0.6 is 0 Å². The van der Waals surface area contributed by atoms with Crippen molar-refractivity contribution in [1.82, 2.24) is 0 Å². The van der Waals surface area contributed by atoms with E-state index in [1.807, 2.05) is 0 Å². The van der Waals surface area contributed by atoms with Gasteiger partial charge in [-0.1, -0.05) is 49.8 Å². The van der Waals surface area contributed by atoms with Crippen LogP contribution in [0.4, 0.5) is 22.0 Å². The zero-order valence-corrected chi connectivity index (χ0v) is 20.6. The smallest absolute Gasteiger partial charge is 0.425 e. The third-order valence-corrected chi connectivity index (χ3v) is 7.71. The largest absolute Gasteiger partial charge is 0.426 e. The average Bonchev–Trinajstić information content (AvgIpc) is 2.85. The Labute approximate surface area is 210 Å². The summed E-state index contributed by atoms with van der Waals surface area (Å²) in [5, 5.41) is 0. The van der Waals surface area contributed by atoms with E-state index < -0.39 is 29.8 Å². The maximum absolute atomic E-state index is 14.4. The van der Waals surface area contributed by atoms with E-state index in [9.17, 15) is 22.0 Å². The minimum absolute atomic E-state index is 0.607. The van der Waals surface area contributed by atoms with Crippen molar-refractivity contribution in [3.05, 3.63) is 83.2 Å². The fraction of sp³-hybridized carbons (Fsp3) is 0.467. The molecular formula is C30H33F5O. The van der Waals surface area contributed by atoms with Gasteiger partial charge in [-0.3, -0.25) is 0 Å². The Morgan fingerprint density at radius 2 is 1.69 bits per heavy atom. The highest BCUT2D eigenvalue weighted by atomic mass is 19.3. The first-order valence-electron chi connectivity index (χ1n) is 12.9. The van der Waals surface area contributed by atoms with Gasteiger partial charge in [0.15, 0.2) is 11.6 Å². The highest BCUT2D eigenvalue weighted by molar-refractivity contribution is 5.67. The van der Waals surface area contributed by atoms with Crippen molar-refractivity contribution in [3.63, 3.8) is 0 Å². The summed E-state index contributed by atoms with van der Waals surface area (Å²) in [7, 11) is 0. The molecule has 0 amide bonds. The number of hydrogen-bond donors (Lipinski definition) is 0. The molecule has 0 radical (unpaired) electrons. The first kappa shape index (κ1) is 26.4. The fourth-order valence-electron chi connectivity index (χ4n) is 5.80. The Hall–Kier alpha value is -2.63. The maximum Gasteiger partial charge on any atom is 0.425 e. The molecule has 0 N–H and O–H groups in total. The third-order valence-electron chi connectivity index (χ3n) is 7.71. The molecule has 0 bridgehead atoms. The number of allylic oxidation sites excluding steroid dienone is 2. The standard InChI is InChI=1S/C30H33F5O/c1-2-3-20-4-6-21(7-5-20)22-8-10-23(11-9-22)24-12-14-25(15-13-24)26-16-17-28(27(31)18-26)36-30(34,35)19-29(32)33/h4-7,14,16-19,22-24H,2-3,8-13,15H2,1H3. The molecule has 2 aliphatic rings. The summed E-state index contributed by atoms with van der Waals surface area (Å²) >= 11 is 0. The van der Waals surface area contributed by atoms with E-state index in [0.717, 1.165) is 49.8 Å². The molecule has 1 saturated carbocycles. The first-order valence-corrected chi connectivity index (χ1v) is 12.9. The van der Waals surface area contributed by atoms with Crippen LogP contribution in [-0.2, 0) is 6.42 Å². The fourth-order valence-corrected chi connectivity index (χ4v) is 5.80. The summed E-state index contributed by atoms with van der Waals surface area (Å²) < 4.78 is 69.7. The van der Waals surface area contributed by atoms with Crippen molar-refractivity contribution in [1.29, 1.82) is 0 Å². The van der Waals surface area contributed by atoms with Crippen LogP contribution in [0.3, 0.4) is 0 Å². The molecule has 2 aliphatic carbocycles. The Morgan fingerprint density at radius 1 is 0.972 bits per heavy atom. The molecular weight excluding hydrogens is 471 g/mol. The summed E-state index contributed by atoms with van der Waals surface area (Å²) in [6.07, 6.45) is 4.53. The molecule has 36 heavy (non-hydrogen) atoms. The van der Waals surface area contributed by atoms with Gasteiger partial charge in [0.1, 0.15) is 0 Å². The molecule has 2 aromatic carbocycles. The minimum Gasteiger partial charge on any atom is -0.426 e. The molecule has 194 valence electrons. The molecule has 1 nitrogen and oxygen atoms in total. The Morgan fingerprint density at radius 3 is 2.28 bits per heavy atom. The van der Waals surface area contributed by atoms with Gasteiger partial charge in [-0.25, -0.2) is 4.39 Å².